The molecule has 0 aromatic heterocycles. The first-order valence-corrected chi connectivity index (χ1v) is 24.9. The molecule has 4 fully saturated rings. The van der Waals surface area contributed by atoms with Crippen LogP contribution in [0.2, 0.25) is 0 Å². The molecule has 4 aliphatic rings. The number of nitrogens with two attached hydrogens (primary N) is 1. The number of anilines is 2. The maximum Gasteiger partial charge on any atom is 0.410 e. The van der Waals surface area contributed by atoms with E-state index >= 15 is 0 Å². The number of methoxy groups -OCH3 is 1. The molecule has 4 aromatic carbocycles. The number of urea groups is 2. The lowest BCUT2D eigenvalue weighted by molar-refractivity contribution is -0.0550. The Hall–Kier alpha value is -6.94. The van der Waals surface area contributed by atoms with Crippen molar-refractivity contribution < 1.29 is 43.0 Å². The number of likely N-dealkylation sites (tertiary alicyclic amines) is 4. The third kappa shape index (κ3) is 13.3. The van der Waals surface area contributed by atoms with E-state index in [1.807, 2.05) is 136 Å². The monoisotopic (exact) mass is 986 g/mol. The number of esters is 1. The molecule has 0 atom stereocenters. The summed E-state index contributed by atoms with van der Waals surface area (Å²) in [6.07, 6.45) is 2.90. The number of carbonyl (C=O) groups excluding carboxylic acids is 6. The summed E-state index contributed by atoms with van der Waals surface area (Å²) < 4.78 is 15.8. The van der Waals surface area contributed by atoms with Gasteiger partial charge in [-0.1, -0.05) is 72.8 Å². The van der Waals surface area contributed by atoms with Crippen LogP contribution in [0.1, 0.15) is 99.1 Å². The molecule has 2 N–H and O–H groups in total. The van der Waals surface area contributed by atoms with Gasteiger partial charge in [0.25, 0.3) is 0 Å². The highest BCUT2D eigenvalue weighted by Gasteiger charge is 2.50. The van der Waals surface area contributed by atoms with Crippen LogP contribution in [0, 0.1) is 10.8 Å². The normalized spacial score (nSPS) is 16.8. The first kappa shape index (κ1) is 52.9. The Bertz CT molecular complexity index is 2330. The molecule has 384 valence electrons. The number of nitrogens with zero attached hydrogens (tertiary/aromatic N) is 6. The van der Waals surface area contributed by atoms with Crippen LogP contribution < -0.4 is 15.5 Å². The van der Waals surface area contributed by atoms with Crippen molar-refractivity contribution >= 4 is 47.4 Å². The van der Waals surface area contributed by atoms with Crippen molar-refractivity contribution in [2.24, 2.45) is 16.6 Å². The lowest BCUT2D eigenvalue weighted by Gasteiger charge is -2.53. The molecular weight excluding hydrogens is 915 g/mol. The summed E-state index contributed by atoms with van der Waals surface area (Å²) in [7, 11) is 1.35. The number of rotatable bonds is 9. The molecule has 0 bridgehead atoms. The molecule has 4 heterocycles. The van der Waals surface area contributed by atoms with Gasteiger partial charge in [-0.25, -0.2) is 24.0 Å². The van der Waals surface area contributed by atoms with Gasteiger partial charge in [-0.3, -0.25) is 14.6 Å². The highest BCUT2D eigenvalue weighted by atomic mass is 16.6. The number of ketones is 1. The predicted octanol–water partition coefficient (Wildman–Crippen LogP) is 9.22. The molecule has 0 saturated carbocycles. The Morgan fingerprint density at radius 3 is 1.18 bits per heavy atom. The van der Waals surface area contributed by atoms with E-state index in [4.69, 9.17) is 19.9 Å². The summed E-state index contributed by atoms with van der Waals surface area (Å²) in [5.41, 5.74) is 9.13. The van der Waals surface area contributed by atoms with E-state index in [-0.39, 0.29) is 53.4 Å². The fourth-order valence-corrected chi connectivity index (χ4v) is 9.65. The van der Waals surface area contributed by atoms with E-state index in [9.17, 15) is 28.8 Å². The van der Waals surface area contributed by atoms with E-state index in [2.05, 4.69) is 0 Å². The topological polar surface area (TPSA) is 176 Å². The first-order chi connectivity index (χ1) is 34.2. The van der Waals surface area contributed by atoms with E-state index in [0.717, 1.165) is 48.2 Å². The number of amides is 6. The summed E-state index contributed by atoms with van der Waals surface area (Å²) in [5.74, 6) is -0.498. The van der Waals surface area contributed by atoms with Gasteiger partial charge in [0.15, 0.2) is 5.78 Å². The minimum atomic E-state index is -0.504. The van der Waals surface area contributed by atoms with Crippen molar-refractivity contribution in [3.8, 4) is 0 Å². The van der Waals surface area contributed by atoms with Crippen molar-refractivity contribution in [2.45, 2.75) is 91.5 Å². The molecule has 0 radical (unpaired) electrons. The molecule has 72 heavy (non-hydrogen) atoms. The second-order valence-electron chi connectivity index (χ2n) is 21.6. The second kappa shape index (κ2) is 22.2. The Labute approximate surface area is 423 Å². The SMILES string of the molecule is CC(C)(C)OC(=O)N1CC2(CCN(C(=O)N(Cc3ccc(C(=O)CN)cc3)c3ccccc3)CC2)C1.COC(=O)c1ccc(CN(C(=O)N2CCC3(CC2)CN(C(=O)OC(C)(C)C)C3)c2ccccc2)cc1. The predicted molar refractivity (Wildman–Crippen MR) is 276 cm³/mol. The highest BCUT2D eigenvalue weighted by Crippen LogP contribution is 2.43. The summed E-state index contributed by atoms with van der Waals surface area (Å²) in [6, 6.07) is 33.5. The van der Waals surface area contributed by atoms with Gasteiger partial charge in [-0.15, -0.1) is 0 Å². The molecule has 2 spiro atoms. The number of benzene rings is 4. The minimum Gasteiger partial charge on any atom is -0.465 e. The number of carbonyl (C=O) groups is 6. The van der Waals surface area contributed by atoms with Gasteiger partial charge in [-0.2, -0.15) is 0 Å². The number of piperidine rings is 2. The van der Waals surface area contributed by atoms with Crippen LogP contribution in [0.15, 0.2) is 109 Å². The van der Waals surface area contributed by atoms with E-state index in [0.29, 0.717) is 76.6 Å². The molecule has 16 nitrogen and oxygen atoms in total. The zero-order valence-corrected chi connectivity index (χ0v) is 42.9. The second-order valence-corrected chi connectivity index (χ2v) is 21.6. The van der Waals surface area contributed by atoms with Crippen molar-refractivity contribution in [2.75, 3.05) is 75.8 Å². The number of Topliss-reactive ketones (excluding diaryl/α,β-unsaturated/α-hetero) is 1. The van der Waals surface area contributed by atoms with Crippen LogP contribution in [0.3, 0.4) is 0 Å². The van der Waals surface area contributed by atoms with Crippen LogP contribution in [0.4, 0.5) is 30.6 Å². The quantitative estimate of drug-likeness (QED) is 0.0967. The Morgan fingerprint density at radius 1 is 0.514 bits per heavy atom. The summed E-state index contributed by atoms with van der Waals surface area (Å²) >= 11 is 0. The van der Waals surface area contributed by atoms with Crippen LogP contribution in [-0.4, -0.2) is 133 Å². The molecule has 4 saturated heterocycles. The Kier molecular flexibility index (Phi) is 16.3. The van der Waals surface area contributed by atoms with Crippen LogP contribution in [-0.2, 0) is 27.3 Å². The fraction of sp³-hybridized carbons (Fsp3) is 0.464. The highest BCUT2D eigenvalue weighted by molar-refractivity contribution is 5.97. The van der Waals surface area contributed by atoms with Crippen molar-refractivity contribution in [3.63, 3.8) is 0 Å². The molecule has 6 amide bonds. The molecule has 16 heteroatoms. The minimum absolute atomic E-state index is 0.0278. The van der Waals surface area contributed by atoms with Crippen molar-refractivity contribution in [3.05, 3.63) is 131 Å². The van der Waals surface area contributed by atoms with Crippen molar-refractivity contribution in [1.29, 1.82) is 0 Å². The zero-order valence-electron chi connectivity index (χ0n) is 42.9. The van der Waals surface area contributed by atoms with Gasteiger partial charge >= 0.3 is 30.2 Å². The number of hydrogen-bond donors (Lipinski definition) is 1. The van der Waals surface area contributed by atoms with E-state index < -0.39 is 11.2 Å². The summed E-state index contributed by atoms with van der Waals surface area (Å²) in [6.45, 7) is 17.3. The first-order valence-electron chi connectivity index (χ1n) is 24.9. The molecule has 0 unspecified atom stereocenters. The average molecular weight is 986 g/mol. The molecule has 4 aliphatic heterocycles. The average Bonchev–Trinajstić information content (AvgIpc) is 3.35. The fourth-order valence-electron chi connectivity index (χ4n) is 9.65. The molecule has 0 aliphatic carbocycles. The summed E-state index contributed by atoms with van der Waals surface area (Å²) in [5, 5.41) is 0. The van der Waals surface area contributed by atoms with Gasteiger partial charge in [-0.05, 0) is 115 Å². The third-order valence-electron chi connectivity index (χ3n) is 13.7. The van der Waals surface area contributed by atoms with E-state index in [1.165, 1.54) is 7.11 Å². The number of hydrogen-bond acceptors (Lipinski definition) is 10. The third-order valence-corrected chi connectivity index (χ3v) is 13.7. The number of para-hydroxylation sites is 2. The molecule has 8 rings (SSSR count). The maximum absolute atomic E-state index is 13.7. The van der Waals surface area contributed by atoms with Crippen LogP contribution >= 0.6 is 0 Å². The lowest BCUT2D eigenvalue weighted by atomic mass is 9.72. The molecular formula is C56H71N7O9. The largest absolute Gasteiger partial charge is 0.465 e. The zero-order chi connectivity index (χ0) is 51.8. The van der Waals surface area contributed by atoms with E-state index in [1.54, 1.807) is 43.9 Å². The van der Waals surface area contributed by atoms with Crippen LogP contribution in [0.25, 0.3) is 0 Å². The van der Waals surface area contributed by atoms with Gasteiger partial charge in [0.05, 0.1) is 32.3 Å². The van der Waals surface area contributed by atoms with Gasteiger partial charge < -0.3 is 39.5 Å². The smallest absolute Gasteiger partial charge is 0.410 e. The van der Waals surface area contributed by atoms with Crippen LogP contribution in [0.5, 0.6) is 0 Å². The van der Waals surface area contributed by atoms with Gasteiger partial charge in [0.1, 0.15) is 11.2 Å². The lowest BCUT2D eigenvalue weighted by Crippen LogP contribution is -2.63. The Balaban J connectivity index is 0.000000211. The molecule has 4 aromatic rings. The number of ether oxygens (including phenoxy) is 3. The summed E-state index contributed by atoms with van der Waals surface area (Å²) in [4.78, 5) is 86.5. The van der Waals surface area contributed by atoms with Gasteiger partial charge in [0, 0.05) is 80.1 Å². The van der Waals surface area contributed by atoms with Gasteiger partial charge in [0.2, 0.25) is 0 Å². The maximum atomic E-state index is 13.7. The Morgan fingerprint density at radius 2 is 0.861 bits per heavy atom. The van der Waals surface area contributed by atoms with Crippen molar-refractivity contribution in [1.82, 2.24) is 19.6 Å². The standard InChI is InChI=1S/C28H36N4O4.C28H35N3O5/c1-27(2,3)36-26(35)31-19-28(20-31)13-15-30(16-14-28)25(34)32(23-7-5-4-6-8-23)18-21-9-11-22(12-10-21)24(33)17-29;1-27(2,3)36-26(34)30-19-28(20-30)14-16-29(17-15-28)25(33)31(23-8-6-5-7-9-23)18-21-10-12-22(13-11-21)24(32)35-4/h4-12H,13-20,29H2,1-3H3;5-13H,14-20H2,1-4H3.